The van der Waals surface area contributed by atoms with E-state index in [-0.39, 0.29) is 11.7 Å². The van der Waals surface area contributed by atoms with E-state index in [0.29, 0.717) is 5.56 Å². The number of halogens is 2. The molecule has 0 aliphatic carbocycles. The van der Waals surface area contributed by atoms with Crippen LogP contribution in [0.25, 0.3) is 0 Å². The number of nitrogens with one attached hydrogen (secondary N) is 1. The van der Waals surface area contributed by atoms with E-state index in [1.165, 1.54) is 40.4 Å². The molecule has 1 amide bonds. The summed E-state index contributed by atoms with van der Waals surface area (Å²) in [5.74, 6) is -0.598. The monoisotopic (exact) mass is 386 g/mol. The Bertz CT molecular complexity index is 955. The van der Waals surface area contributed by atoms with Gasteiger partial charge in [0, 0.05) is 28.4 Å². The third-order valence-corrected chi connectivity index (χ3v) is 5.63. The maximum atomic E-state index is 13.0. The molecule has 1 aromatic heterocycles. The molecule has 4 rings (SSSR count). The van der Waals surface area contributed by atoms with Gasteiger partial charge < -0.3 is 10.2 Å². The fourth-order valence-electron chi connectivity index (χ4n) is 3.14. The number of hydrogen-bond donors (Lipinski definition) is 1. The van der Waals surface area contributed by atoms with Crippen LogP contribution in [0.15, 0.2) is 54.6 Å². The standard InChI is InChI=1S/C20H16ClFN2OS/c21-19-8-6-17(26-19)12-24-10-9-14-11-16(5-7-18(14)24)23-20(25)13-1-3-15(22)4-2-13/h1-8,11H,9-10,12H2,(H,23,25). The normalized spacial score (nSPS) is 12.9. The van der Waals surface area contributed by atoms with Gasteiger partial charge in [-0.2, -0.15) is 0 Å². The third-order valence-electron chi connectivity index (χ3n) is 4.41. The van der Waals surface area contributed by atoms with Crippen molar-refractivity contribution in [1.82, 2.24) is 0 Å². The number of fused-ring (bicyclic) bond motifs is 1. The number of nitrogens with zero attached hydrogens (tertiary/aromatic N) is 1. The quantitative estimate of drug-likeness (QED) is 0.655. The Morgan fingerprint density at radius 1 is 1.15 bits per heavy atom. The number of benzene rings is 2. The Morgan fingerprint density at radius 3 is 2.69 bits per heavy atom. The van der Waals surface area contributed by atoms with E-state index in [9.17, 15) is 9.18 Å². The van der Waals surface area contributed by atoms with Crippen LogP contribution in [0.1, 0.15) is 20.8 Å². The van der Waals surface area contributed by atoms with Gasteiger partial charge >= 0.3 is 0 Å². The number of thiophene rings is 1. The lowest BCUT2D eigenvalue weighted by molar-refractivity contribution is 0.102. The van der Waals surface area contributed by atoms with E-state index in [4.69, 9.17) is 11.6 Å². The number of anilines is 2. The molecular weight excluding hydrogens is 371 g/mol. The average Bonchev–Trinajstić information content (AvgIpc) is 3.22. The van der Waals surface area contributed by atoms with Gasteiger partial charge in [-0.15, -0.1) is 11.3 Å². The number of hydrogen-bond acceptors (Lipinski definition) is 3. The second-order valence-electron chi connectivity index (χ2n) is 6.18. The number of amides is 1. The van der Waals surface area contributed by atoms with Crippen molar-refractivity contribution in [2.24, 2.45) is 0 Å². The van der Waals surface area contributed by atoms with Crippen LogP contribution in [0.5, 0.6) is 0 Å². The molecule has 0 bridgehead atoms. The van der Waals surface area contributed by atoms with Gasteiger partial charge in [-0.3, -0.25) is 4.79 Å². The summed E-state index contributed by atoms with van der Waals surface area (Å²) in [4.78, 5) is 15.8. The lowest BCUT2D eigenvalue weighted by atomic mass is 10.1. The first-order chi connectivity index (χ1) is 12.6. The second kappa shape index (κ2) is 7.09. The summed E-state index contributed by atoms with van der Waals surface area (Å²) >= 11 is 7.61. The summed E-state index contributed by atoms with van der Waals surface area (Å²) in [7, 11) is 0. The van der Waals surface area contributed by atoms with Gasteiger partial charge in [0.05, 0.1) is 10.9 Å². The summed E-state index contributed by atoms with van der Waals surface area (Å²) < 4.78 is 13.8. The highest BCUT2D eigenvalue weighted by Gasteiger charge is 2.20. The number of carbonyl (C=O) groups excluding carboxylic acids is 1. The fraction of sp³-hybridized carbons (Fsp3) is 0.150. The topological polar surface area (TPSA) is 32.3 Å². The number of rotatable bonds is 4. The molecule has 2 aromatic carbocycles. The zero-order valence-electron chi connectivity index (χ0n) is 13.8. The van der Waals surface area contributed by atoms with Gasteiger partial charge in [0.1, 0.15) is 5.82 Å². The van der Waals surface area contributed by atoms with Crippen molar-refractivity contribution in [2.75, 3.05) is 16.8 Å². The Hall–Kier alpha value is -2.37. The van der Waals surface area contributed by atoms with Crippen LogP contribution in [0, 0.1) is 5.82 Å². The maximum absolute atomic E-state index is 13.0. The molecule has 3 aromatic rings. The van der Waals surface area contributed by atoms with E-state index in [2.05, 4.69) is 16.3 Å². The van der Waals surface area contributed by atoms with Crippen molar-refractivity contribution in [2.45, 2.75) is 13.0 Å². The smallest absolute Gasteiger partial charge is 0.255 e. The predicted octanol–water partition coefficient (Wildman–Crippen LogP) is 5.36. The van der Waals surface area contributed by atoms with Crippen LogP contribution < -0.4 is 10.2 Å². The Kier molecular flexibility index (Phi) is 4.66. The van der Waals surface area contributed by atoms with Crippen molar-refractivity contribution >= 4 is 40.2 Å². The molecule has 132 valence electrons. The van der Waals surface area contributed by atoms with Crippen LogP contribution in [0.3, 0.4) is 0 Å². The van der Waals surface area contributed by atoms with E-state index in [1.54, 1.807) is 11.3 Å². The molecule has 6 heteroatoms. The van der Waals surface area contributed by atoms with Gasteiger partial charge in [0.25, 0.3) is 5.91 Å². The SMILES string of the molecule is O=C(Nc1ccc2c(c1)CCN2Cc1ccc(Cl)s1)c1ccc(F)cc1. The molecule has 0 atom stereocenters. The maximum Gasteiger partial charge on any atom is 0.255 e. The summed E-state index contributed by atoms with van der Waals surface area (Å²) in [5.41, 5.74) is 3.58. The Morgan fingerprint density at radius 2 is 1.96 bits per heavy atom. The van der Waals surface area contributed by atoms with Crippen LogP contribution in [0.4, 0.5) is 15.8 Å². The van der Waals surface area contributed by atoms with Gasteiger partial charge in [-0.1, -0.05) is 11.6 Å². The first-order valence-corrected chi connectivity index (χ1v) is 9.47. The molecule has 0 saturated carbocycles. The zero-order valence-corrected chi connectivity index (χ0v) is 15.4. The highest BCUT2D eigenvalue weighted by molar-refractivity contribution is 7.16. The van der Waals surface area contributed by atoms with E-state index < -0.39 is 0 Å². The van der Waals surface area contributed by atoms with Crippen molar-refractivity contribution in [3.05, 3.63) is 80.8 Å². The van der Waals surface area contributed by atoms with E-state index in [1.807, 2.05) is 24.3 Å². The molecule has 0 unspecified atom stereocenters. The molecule has 0 fully saturated rings. The molecule has 1 aliphatic rings. The van der Waals surface area contributed by atoms with Gasteiger partial charge in [-0.05, 0) is 66.6 Å². The van der Waals surface area contributed by atoms with Crippen molar-refractivity contribution in [1.29, 1.82) is 0 Å². The minimum absolute atomic E-state index is 0.243. The van der Waals surface area contributed by atoms with Crippen molar-refractivity contribution in [3.63, 3.8) is 0 Å². The van der Waals surface area contributed by atoms with Gasteiger partial charge in [0.2, 0.25) is 0 Å². The van der Waals surface area contributed by atoms with Crippen LogP contribution in [-0.4, -0.2) is 12.5 Å². The van der Waals surface area contributed by atoms with E-state index in [0.717, 1.165) is 29.5 Å². The Balaban J connectivity index is 1.47. The summed E-state index contributed by atoms with van der Waals surface area (Å²) in [6.45, 7) is 1.78. The van der Waals surface area contributed by atoms with Gasteiger partial charge in [0.15, 0.2) is 0 Å². The number of carbonyl (C=O) groups is 1. The molecule has 3 nitrogen and oxygen atoms in total. The molecule has 1 aliphatic heterocycles. The lowest BCUT2D eigenvalue weighted by Gasteiger charge is -2.18. The van der Waals surface area contributed by atoms with Crippen LogP contribution in [0.2, 0.25) is 4.34 Å². The summed E-state index contributed by atoms with van der Waals surface area (Å²) in [6, 6.07) is 15.5. The molecule has 0 saturated heterocycles. The lowest BCUT2D eigenvalue weighted by Crippen LogP contribution is -2.18. The summed E-state index contributed by atoms with van der Waals surface area (Å²) in [6.07, 6.45) is 0.939. The third kappa shape index (κ3) is 3.59. The molecule has 0 radical (unpaired) electrons. The second-order valence-corrected chi connectivity index (χ2v) is 7.98. The van der Waals surface area contributed by atoms with Gasteiger partial charge in [-0.25, -0.2) is 4.39 Å². The minimum atomic E-state index is -0.355. The Labute approximate surface area is 160 Å². The highest BCUT2D eigenvalue weighted by Crippen LogP contribution is 2.33. The minimum Gasteiger partial charge on any atom is -0.366 e. The molecular formula is C20H16ClFN2OS. The highest BCUT2D eigenvalue weighted by atomic mass is 35.5. The van der Waals surface area contributed by atoms with Crippen LogP contribution >= 0.6 is 22.9 Å². The first-order valence-electron chi connectivity index (χ1n) is 8.27. The summed E-state index contributed by atoms with van der Waals surface area (Å²) in [5, 5.41) is 2.88. The first kappa shape index (κ1) is 17.1. The molecule has 0 spiro atoms. The fourth-order valence-corrected chi connectivity index (χ4v) is 4.24. The molecule has 1 N–H and O–H groups in total. The zero-order chi connectivity index (χ0) is 18.1. The molecule has 2 heterocycles. The largest absolute Gasteiger partial charge is 0.366 e. The van der Waals surface area contributed by atoms with Crippen molar-refractivity contribution in [3.8, 4) is 0 Å². The van der Waals surface area contributed by atoms with E-state index >= 15 is 0 Å². The van der Waals surface area contributed by atoms with Crippen molar-refractivity contribution < 1.29 is 9.18 Å². The average molecular weight is 387 g/mol. The molecule has 26 heavy (non-hydrogen) atoms. The predicted molar refractivity (Wildman–Crippen MR) is 105 cm³/mol. The van der Waals surface area contributed by atoms with Crippen LogP contribution in [-0.2, 0) is 13.0 Å².